The van der Waals surface area contributed by atoms with E-state index in [1.807, 2.05) is 54.5 Å². The quantitative estimate of drug-likeness (QED) is 0.275. The summed E-state index contributed by atoms with van der Waals surface area (Å²) in [7, 11) is 3.72. The van der Waals surface area contributed by atoms with E-state index in [0.29, 0.717) is 13.1 Å². The van der Waals surface area contributed by atoms with Gasteiger partial charge in [-0.3, -0.25) is 4.99 Å². The molecule has 7 heteroatoms. The first-order valence-electron chi connectivity index (χ1n) is 9.91. The number of H-pyrrole nitrogens is 1. The maximum absolute atomic E-state index is 11.1. The molecule has 4 rings (SSSR count). The number of imidazole rings is 1. The normalized spacial score (nSPS) is 17.9. The summed E-state index contributed by atoms with van der Waals surface area (Å²) in [5.74, 6) is 1.58. The standard InChI is InChI=1S/C23H27N5O.HI/c1-24-22(26-16-23(29)13-12-17-8-6-7-11-19(17)23)28(2)15-21-25-14-20(27-21)18-9-4-3-5-10-18;/h3-11,14,29H,12-13,15-16H2,1-2H3,(H,24,26)(H,25,27);1H. The Hall–Kier alpha value is -2.39. The molecule has 1 atom stereocenters. The van der Waals surface area contributed by atoms with E-state index in [0.717, 1.165) is 41.4 Å². The number of aliphatic imine (C=N–C) groups is 1. The molecule has 2 aromatic carbocycles. The summed E-state index contributed by atoms with van der Waals surface area (Å²) < 4.78 is 0. The zero-order valence-corrected chi connectivity index (χ0v) is 19.6. The monoisotopic (exact) mass is 517 g/mol. The topological polar surface area (TPSA) is 76.5 Å². The molecule has 0 saturated carbocycles. The molecule has 0 amide bonds. The molecule has 1 aliphatic rings. The van der Waals surface area contributed by atoms with Gasteiger partial charge in [-0.05, 0) is 29.5 Å². The van der Waals surface area contributed by atoms with Gasteiger partial charge in [0, 0.05) is 14.1 Å². The van der Waals surface area contributed by atoms with Gasteiger partial charge in [-0.1, -0.05) is 54.6 Å². The fourth-order valence-electron chi connectivity index (χ4n) is 3.97. The Bertz CT molecular complexity index is 1000. The number of aromatic amines is 1. The van der Waals surface area contributed by atoms with E-state index in [4.69, 9.17) is 0 Å². The number of aryl methyl sites for hydroxylation is 1. The van der Waals surface area contributed by atoms with Crippen molar-refractivity contribution in [3.05, 3.63) is 77.7 Å². The first-order chi connectivity index (χ1) is 14.1. The van der Waals surface area contributed by atoms with Crippen LogP contribution in [0.3, 0.4) is 0 Å². The predicted molar refractivity (Wildman–Crippen MR) is 131 cm³/mol. The molecule has 0 spiro atoms. The van der Waals surface area contributed by atoms with Crippen LogP contribution in [0.25, 0.3) is 11.3 Å². The van der Waals surface area contributed by atoms with Crippen LogP contribution in [-0.2, 0) is 18.6 Å². The number of rotatable bonds is 5. The minimum atomic E-state index is -0.863. The Morgan fingerprint density at radius 1 is 1.20 bits per heavy atom. The van der Waals surface area contributed by atoms with Crippen LogP contribution in [0, 0.1) is 0 Å². The Morgan fingerprint density at radius 2 is 1.93 bits per heavy atom. The van der Waals surface area contributed by atoms with Crippen LogP contribution < -0.4 is 5.32 Å². The molecule has 0 radical (unpaired) electrons. The zero-order valence-electron chi connectivity index (χ0n) is 17.3. The summed E-state index contributed by atoms with van der Waals surface area (Å²) >= 11 is 0. The van der Waals surface area contributed by atoms with E-state index in [2.05, 4.69) is 38.5 Å². The number of benzene rings is 2. The van der Waals surface area contributed by atoms with Crippen molar-refractivity contribution in [2.24, 2.45) is 4.99 Å². The number of aliphatic hydroxyl groups is 1. The van der Waals surface area contributed by atoms with Gasteiger partial charge in [-0.25, -0.2) is 4.98 Å². The molecular formula is C23H28IN5O. The minimum absolute atomic E-state index is 0. The summed E-state index contributed by atoms with van der Waals surface area (Å²) in [5, 5.41) is 14.5. The predicted octanol–water partition coefficient (Wildman–Crippen LogP) is 3.54. The molecule has 0 aliphatic heterocycles. The third-order valence-corrected chi connectivity index (χ3v) is 5.54. The second-order valence-corrected chi connectivity index (χ2v) is 7.56. The van der Waals surface area contributed by atoms with E-state index in [1.54, 1.807) is 7.05 Å². The average molecular weight is 517 g/mol. The largest absolute Gasteiger partial charge is 0.383 e. The van der Waals surface area contributed by atoms with Gasteiger partial charge in [0.2, 0.25) is 0 Å². The zero-order chi connectivity index (χ0) is 20.3. The molecule has 1 aromatic heterocycles. The highest BCUT2D eigenvalue weighted by molar-refractivity contribution is 14.0. The Kier molecular flexibility index (Phi) is 7.14. The molecule has 0 bridgehead atoms. The van der Waals surface area contributed by atoms with Gasteiger partial charge in [0.15, 0.2) is 5.96 Å². The van der Waals surface area contributed by atoms with Crippen molar-refractivity contribution in [2.75, 3.05) is 20.6 Å². The molecule has 6 nitrogen and oxygen atoms in total. The van der Waals surface area contributed by atoms with E-state index in [-0.39, 0.29) is 24.0 Å². The number of hydrogen-bond donors (Lipinski definition) is 3. The second kappa shape index (κ2) is 9.61. The molecule has 30 heavy (non-hydrogen) atoms. The van der Waals surface area contributed by atoms with Crippen molar-refractivity contribution in [1.82, 2.24) is 20.2 Å². The lowest BCUT2D eigenvalue weighted by molar-refractivity contribution is 0.0426. The third kappa shape index (κ3) is 4.67. The Balaban J connectivity index is 0.00000256. The first kappa shape index (κ1) is 22.3. The van der Waals surface area contributed by atoms with Gasteiger partial charge in [0.05, 0.1) is 25.0 Å². The van der Waals surface area contributed by atoms with Crippen LogP contribution >= 0.6 is 24.0 Å². The molecule has 3 aromatic rings. The summed E-state index contributed by atoms with van der Waals surface area (Å²) in [5.41, 5.74) is 3.49. The molecule has 158 valence electrons. The Labute approximate surface area is 194 Å². The summed E-state index contributed by atoms with van der Waals surface area (Å²) in [4.78, 5) is 14.2. The fraction of sp³-hybridized carbons (Fsp3) is 0.304. The fourth-order valence-corrected chi connectivity index (χ4v) is 3.97. The van der Waals surface area contributed by atoms with Crippen molar-refractivity contribution >= 4 is 29.9 Å². The minimum Gasteiger partial charge on any atom is -0.383 e. The highest BCUT2D eigenvalue weighted by Gasteiger charge is 2.36. The van der Waals surface area contributed by atoms with Gasteiger partial charge >= 0.3 is 0 Å². The van der Waals surface area contributed by atoms with Crippen molar-refractivity contribution < 1.29 is 5.11 Å². The number of aromatic nitrogens is 2. The van der Waals surface area contributed by atoms with E-state index in [9.17, 15) is 5.11 Å². The lowest BCUT2D eigenvalue weighted by atomic mass is 9.96. The molecule has 3 N–H and O–H groups in total. The van der Waals surface area contributed by atoms with Gasteiger partial charge in [0.25, 0.3) is 0 Å². The molecule has 0 saturated heterocycles. The maximum atomic E-state index is 11.1. The summed E-state index contributed by atoms with van der Waals surface area (Å²) in [6.45, 7) is 1.01. The molecule has 1 unspecified atom stereocenters. The molecular weight excluding hydrogens is 489 g/mol. The van der Waals surface area contributed by atoms with Crippen LogP contribution in [-0.4, -0.2) is 46.6 Å². The second-order valence-electron chi connectivity index (χ2n) is 7.56. The van der Waals surface area contributed by atoms with Crippen LogP contribution in [0.1, 0.15) is 23.4 Å². The van der Waals surface area contributed by atoms with Crippen LogP contribution in [0.2, 0.25) is 0 Å². The van der Waals surface area contributed by atoms with Gasteiger partial charge in [-0.2, -0.15) is 0 Å². The van der Waals surface area contributed by atoms with Gasteiger partial charge in [0.1, 0.15) is 11.4 Å². The highest BCUT2D eigenvalue weighted by atomic mass is 127. The summed E-state index contributed by atoms with van der Waals surface area (Å²) in [6, 6.07) is 18.3. The molecule has 1 heterocycles. The summed E-state index contributed by atoms with van der Waals surface area (Å²) in [6.07, 6.45) is 3.48. The number of fused-ring (bicyclic) bond motifs is 1. The first-order valence-corrected chi connectivity index (χ1v) is 9.91. The third-order valence-electron chi connectivity index (χ3n) is 5.54. The van der Waals surface area contributed by atoms with E-state index >= 15 is 0 Å². The number of halogens is 1. The lowest BCUT2D eigenvalue weighted by Gasteiger charge is -2.28. The van der Waals surface area contributed by atoms with Crippen molar-refractivity contribution in [3.63, 3.8) is 0 Å². The number of nitrogens with one attached hydrogen (secondary N) is 2. The van der Waals surface area contributed by atoms with Gasteiger partial charge < -0.3 is 20.3 Å². The van der Waals surface area contributed by atoms with Crippen molar-refractivity contribution in [3.8, 4) is 11.3 Å². The maximum Gasteiger partial charge on any atom is 0.193 e. The lowest BCUT2D eigenvalue weighted by Crippen LogP contribution is -2.45. The highest BCUT2D eigenvalue weighted by Crippen LogP contribution is 2.36. The SMILES string of the molecule is CN=C(NCC1(O)CCc2ccccc21)N(C)Cc1ncc(-c2ccccc2)[nH]1.I. The van der Waals surface area contributed by atoms with Crippen LogP contribution in [0.5, 0.6) is 0 Å². The number of nitrogens with zero attached hydrogens (tertiary/aromatic N) is 3. The van der Waals surface area contributed by atoms with Crippen LogP contribution in [0.15, 0.2) is 65.8 Å². The number of guanidine groups is 1. The van der Waals surface area contributed by atoms with Crippen molar-refractivity contribution in [1.29, 1.82) is 0 Å². The van der Waals surface area contributed by atoms with E-state index in [1.165, 1.54) is 5.56 Å². The number of hydrogen-bond acceptors (Lipinski definition) is 3. The average Bonchev–Trinajstić information content (AvgIpc) is 3.35. The van der Waals surface area contributed by atoms with E-state index < -0.39 is 5.60 Å². The smallest absolute Gasteiger partial charge is 0.193 e. The molecule has 0 fully saturated rings. The molecule has 1 aliphatic carbocycles. The van der Waals surface area contributed by atoms with Crippen LogP contribution in [0.4, 0.5) is 0 Å². The van der Waals surface area contributed by atoms with Crippen molar-refractivity contribution in [2.45, 2.75) is 25.0 Å². The van der Waals surface area contributed by atoms with Gasteiger partial charge in [-0.15, -0.1) is 24.0 Å². The Morgan fingerprint density at radius 3 is 2.70 bits per heavy atom.